The van der Waals surface area contributed by atoms with Crippen LogP contribution in [0.25, 0.3) is 0 Å². The summed E-state index contributed by atoms with van der Waals surface area (Å²) in [6.45, 7) is 7.21. The molecule has 0 bridgehead atoms. The van der Waals surface area contributed by atoms with E-state index < -0.39 is 10.0 Å². The third-order valence-corrected chi connectivity index (χ3v) is 5.17. The Morgan fingerprint density at radius 1 is 1.19 bits per heavy atom. The van der Waals surface area contributed by atoms with Gasteiger partial charge in [-0.2, -0.15) is 4.31 Å². The summed E-state index contributed by atoms with van der Waals surface area (Å²) in [4.78, 5) is 0.299. The molecule has 2 rings (SSSR count). The van der Waals surface area contributed by atoms with Gasteiger partial charge in [-0.25, -0.2) is 8.42 Å². The van der Waals surface area contributed by atoms with Gasteiger partial charge in [0.1, 0.15) is 5.75 Å². The van der Waals surface area contributed by atoms with E-state index in [0.29, 0.717) is 30.3 Å². The fraction of sp³-hybridized carbons (Fsp3) is 0.600. The van der Waals surface area contributed by atoms with Gasteiger partial charge in [0, 0.05) is 13.1 Å². The molecular formula is C15H23NO4S. The molecule has 1 heterocycles. The maximum atomic E-state index is 12.6. The Balaban J connectivity index is 2.15. The van der Waals surface area contributed by atoms with Crippen molar-refractivity contribution >= 4 is 10.0 Å². The van der Waals surface area contributed by atoms with Gasteiger partial charge in [-0.3, -0.25) is 0 Å². The Kier molecular flexibility index (Phi) is 5.24. The fourth-order valence-corrected chi connectivity index (χ4v) is 3.99. The number of benzene rings is 1. The van der Waals surface area contributed by atoms with Gasteiger partial charge in [0.05, 0.1) is 23.7 Å². The molecule has 1 saturated heterocycles. The lowest BCUT2D eigenvalue weighted by Gasteiger charge is -2.34. The predicted octanol–water partition coefficient (Wildman–Crippen LogP) is 2.27. The van der Waals surface area contributed by atoms with E-state index in [1.165, 1.54) is 4.31 Å². The van der Waals surface area contributed by atoms with E-state index in [-0.39, 0.29) is 12.2 Å². The third kappa shape index (κ3) is 3.96. The Bertz CT molecular complexity index is 546. The molecule has 0 aliphatic carbocycles. The van der Waals surface area contributed by atoms with E-state index in [1.807, 2.05) is 20.8 Å². The second-order valence-corrected chi connectivity index (χ2v) is 7.34. The summed E-state index contributed by atoms with van der Waals surface area (Å²) < 4.78 is 37.8. The Hall–Kier alpha value is -1.11. The first-order chi connectivity index (χ1) is 9.93. The topological polar surface area (TPSA) is 55.8 Å². The number of nitrogens with zero attached hydrogens (tertiary/aromatic N) is 1. The van der Waals surface area contributed by atoms with Crippen molar-refractivity contribution in [2.24, 2.45) is 0 Å². The Morgan fingerprint density at radius 2 is 1.76 bits per heavy atom. The van der Waals surface area contributed by atoms with Gasteiger partial charge in [-0.05, 0) is 44.5 Å². The lowest BCUT2D eigenvalue weighted by Crippen LogP contribution is -2.48. The maximum Gasteiger partial charge on any atom is 0.243 e. The highest BCUT2D eigenvalue weighted by atomic mass is 32.2. The summed E-state index contributed by atoms with van der Waals surface area (Å²) in [7, 11) is -3.47. The molecule has 1 aromatic rings. The fourth-order valence-electron chi connectivity index (χ4n) is 2.40. The molecule has 1 aliphatic rings. The molecule has 0 radical (unpaired) electrons. The van der Waals surface area contributed by atoms with Crippen LogP contribution in [0, 0.1) is 0 Å². The minimum atomic E-state index is -3.47. The molecule has 21 heavy (non-hydrogen) atoms. The minimum absolute atomic E-state index is 0.0873. The average Bonchev–Trinajstić information content (AvgIpc) is 2.44. The van der Waals surface area contributed by atoms with Gasteiger partial charge in [0.2, 0.25) is 10.0 Å². The molecule has 118 valence electrons. The molecule has 6 heteroatoms. The van der Waals surface area contributed by atoms with E-state index in [1.54, 1.807) is 24.3 Å². The molecule has 0 N–H and O–H groups in total. The van der Waals surface area contributed by atoms with E-state index in [9.17, 15) is 8.42 Å². The number of morpholine rings is 1. The number of hydrogen-bond acceptors (Lipinski definition) is 4. The number of hydrogen-bond donors (Lipinski definition) is 0. The first-order valence-electron chi connectivity index (χ1n) is 7.32. The van der Waals surface area contributed by atoms with Crippen molar-refractivity contribution in [3.05, 3.63) is 24.3 Å². The quantitative estimate of drug-likeness (QED) is 0.837. The van der Waals surface area contributed by atoms with Crippen LogP contribution in [0.2, 0.25) is 0 Å². The largest absolute Gasteiger partial charge is 0.494 e. The first kappa shape index (κ1) is 16.3. The van der Waals surface area contributed by atoms with Crippen LogP contribution in [0.1, 0.15) is 27.2 Å². The average molecular weight is 313 g/mol. The van der Waals surface area contributed by atoms with E-state index in [0.717, 1.165) is 6.42 Å². The number of ether oxygens (including phenoxy) is 2. The second kappa shape index (κ2) is 6.77. The molecular weight excluding hydrogens is 290 g/mol. The Labute approximate surface area is 126 Å². The van der Waals surface area contributed by atoms with Crippen LogP contribution in [0.5, 0.6) is 5.75 Å². The van der Waals surface area contributed by atoms with E-state index in [2.05, 4.69) is 0 Å². The normalized spacial score (nSPS) is 24.0. The van der Waals surface area contributed by atoms with Gasteiger partial charge < -0.3 is 9.47 Å². The van der Waals surface area contributed by atoms with Gasteiger partial charge in [0.15, 0.2) is 0 Å². The summed E-state index contributed by atoms with van der Waals surface area (Å²) in [5.41, 5.74) is 0. The molecule has 0 aromatic heterocycles. The zero-order valence-electron chi connectivity index (χ0n) is 12.8. The van der Waals surface area contributed by atoms with Crippen molar-refractivity contribution in [1.82, 2.24) is 4.31 Å². The van der Waals surface area contributed by atoms with Gasteiger partial charge in [0.25, 0.3) is 0 Å². The summed E-state index contributed by atoms with van der Waals surface area (Å²) in [5.74, 6) is 0.694. The maximum absolute atomic E-state index is 12.6. The molecule has 0 saturated carbocycles. The standard InChI is InChI=1S/C15H23NO4S/c1-4-9-19-14-5-7-15(8-6-14)21(17,18)16-10-12(2)20-13(3)11-16/h5-8,12-13H,4,9-11H2,1-3H3. The predicted molar refractivity (Wildman–Crippen MR) is 81.0 cm³/mol. The molecule has 1 aromatic carbocycles. The zero-order chi connectivity index (χ0) is 15.5. The van der Waals surface area contributed by atoms with E-state index >= 15 is 0 Å². The van der Waals surface area contributed by atoms with Gasteiger partial charge in [-0.1, -0.05) is 6.92 Å². The van der Waals surface area contributed by atoms with Crippen molar-refractivity contribution in [3.63, 3.8) is 0 Å². The minimum Gasteiger partial charge on any atom is -0.494 e. The van der Waals surface area contributed by atoms with Crippen LogP contribution >= 0.6 is 0 Å². The molecule has 0 amide bonds. The number of sulfonamides is 1. The molecule has 0 spiro atoms. The summed E-state index contributed by atoms with van der Waals surface area (Å²) in [6, 6.07) is 6.61. The highest BCUT2D eigenvalue weighted by molar-refractivity contribution is 7.89. The molecule has 5 nitrogen and oxygen atoms in total. The monoisotopic (exact) mass is 313 g/mol. The first-order valence-corrected chi connectivity index (χ1v) is 8.76. The third-order valence-electron chi connectivity index (χ3n) is 3.32. The van der Waals surface area contributed by atoms with Crippen LogP contribution in [0.15, 0.2) is 29.2 Å². The highest BCUT2D eigenvalue weighted by Crippen LogP contribution is 2.23. The van der Waals surface area contributed by atoms with Crippen molar-refractivity contribution < 1.29 is 17.9 Å². The molecule has 2 atom stereocenters. The van der Waals surface area contributed by atoms with Crippen LogP contribution in [-0.2, 0) is 14.8 Å². The van der Waals surface area contributed by atoms with Crippen LogP contribution in [0.3, 0.4) is 0 Å². The number of rotatable bonds is 5. The Morgan fingerprint density at radius 3 is 2.29 bits per heavy atom. The summed E-state index contributed by atoms with van der Waals surface area (Å²) in [6.07, 6.45) is 0.746. The van der Waals surface area contributed by atoms with Gasteiger partial charge >= 0.3 is 0 Å². The summed E-state index contributed by atoms with van der Waals surface area (Å²) in [5, 5.41) is 0. The zero-order valence-corrected chi connectivity index (χ0v) is 13.6. The highest BCUT2D eigenvalue weighted by Gasteiger charge is 2.32. The van der Waals surface area contributed by atoms with E-state index in [4.69, 9.17) is 9.47 Å². The lowest BCUT2D eigenvalue weighted by molar-refractivity contribution is -0.0440. The van der Waals surface area contributed by atoms with Crippen LogP contribution in [0.4, 0.5) is 0 Å². The van der Waals surface area contributed by atoms with Crippen LogP contribution < -0.4 is 4.74 Å². The smallest absolute Gasteiger partial charge is 0.243 e. The SMILES string of the molecule is CCCOc1ccc(S(=O)(=O)N2CC(C)OC(C)C2)cc1. The molecule has 1 fully saturated rings. The molecule has 1 aliphatic heterocycles. The van der Waals surface area contributed by atoms with Gasteiger partial charge in [-0.15, -0.1) is 0 Å². The molecule has 2 unspecified atom stereocenters. The lowest BCUT2D eigenvalue weighted by atomic mass is 10.3. The summed E-state index contributed by atoms with van der Waals surface area (Å²) >= 11 is 0. The van der Waals surface area contributed by atoms with Crippen molar-refractivity contribution in [3.8, 4) is 5.75 Å². The van der Waals surface area contributed by atoms with Crippen LogP contribution in [-0.4, -0.2) is 44.6 Å². The van der Waals surface area contributed by atoms with Crippen molar-refractivity contribution in [2.45, 2.75) is 44.3 Å². The van der Waals surface area contributed by atoms with Crippen molar-refractivity contribution in [2.75, 3.05) is 19.7 Å². The van der Waals surface area contributed by atoms with Crippen molar-refractivity contribution in [1.29, 1.82) is 0 Å². The second-order valence-electron chi connectivity index (χ2n) is 5.40.